The summed E-state index contributed by atoms with van der Waals surface area (Å²) in [6.07, 6.45) is 0. The van der Waals surface area contributed by atoms with Gasteiger partial charge in [-0.1, -0.05) is 41.5 Å². The molecule has 0 saturated heterocycles. The number of aliphatic hydroxyl groups is 2. The van der Waals surface area contributed by atoms with Crippen molar-refractivity contribution in [3.8, 4) is 0 Å². The van der Waals surface area contributed by atoms with Crippen molar-refractivity contribution >= 4 is 16.6 Å². The van der Waals surface area contributed by atoms with Gasteiger partial charge in [0.1, 0.15) is 0 Å². The van der Waals surface area contributed by atoms with E-state index in [4.69, 9.17) is 8.85 Å². The van der Waals surface area contributed by atoms with Crippen LogP contribution in [0.2, 0.25) is 36.3 Å². The van der Waals surface area contributed by atoms with Gasteiger partial charge in [0.15, 0.2) is 16.6 Å². The summed E-state index contributed by atoms with van der Waals surface area (Å²) in [5, 5.41) is 40.3. The number of nitrogens with zero attached hydrogens (tertiary/aromatic N) is 2. The second kappa shape index (κ2) is 9.04. The quantitative estimate of drug-likeness (QED) is 0.198. The molecule has 0 amide bonds. The Morgan fingerprint density at radius 2 is 0.933 bits per heavy atom. The maximum atomic E-state index is 11.0. The molecule has 0 saturated carbocycles. The lowest BCUT2D eigenvalue weighted by Gasteiger charge is -2.44. The molecule has 2 atom stereocenters. The zero-order valence-corrected chi connectivity index (χ0v) is 21.5. The summed E-state index contributed by atoms with van der Waals surface area (Å²) >= 11 is 0. The van der Waals surface area contributed by atoms with Gasteiger partial charge in [0.25, 0.3) is 21.7 Å². The molecule has 0 rings (SSSR count). The zero-order chi connectivity index (χ0) is 24.4. The molecule has 0 bridgehead atoms. The van der Waals surface area contributed by atoms with Gasteiger partial charge in [-0.25, -0.2) is 0 Å². The van der Waals surface area contributed by atoms with E-state index in [2.05, 4.69) is 9.68 Å². The van der Waals surface area contributed by atoms with E-state index in [1.807, 2.05) is 41.5 Å². The highest BCUT2D eigenvalue weighted by molar-refractivity contribution is 6.74. The van der Waals surface area contributed by atoms with Gasteiger partial charge in [-0.2, -0.15) is 0 Å². The lowest BCUT2D eigenvalue weighted by Crippen LogP contribution is -2.66. The van der Waals surface area contributed by atoms with Crippen molar-refractivity contribution in [2.24, 2.45) is 0 Å². The lowest BCUT2D eigenvalue weighted by atomic mass is 10.1. The van der Waals surface area contributed by atoms with Crippen LogP contribution in [-0.4, -0.2) is 61.8 Å². The Morgan fingerprint density at radius 1 is 0.700 bits per heavy atom. The summed E-state index contributed by atoms with van der Waals surface area (Å²) in [5.41, 5.74) is 0. The molecule has 0 aliphatic carbocycles. The largest absolute Gasteiger partial charge is 0.412 e. The Balaban J connectivity index is 6.08. The van der Waals surface area contributed by atoms with Crippen molar-refractivity contribution in [2.45, 2.75) is 89.4 Å². The van der Waals surface area contributed by atoms with E-state index in [1.54, 1.807) is 26.2 Å². The van der Waals surface area contributed by atoms with Gasteiger partial charge in [0.2, 0.25) is 0 Å². The standard InChI is InChI=1S/C16H36N2O10Si2/c1-13(2,3)29(7,8)25-11-15(19,27-17(21)22)16(20,28-18(23)24)12-26-30(9,10)14(4,5)6/h19-20H,11-12H2,1-10H3/t15-,16-/m0/s1. The molecule has 0 radical (unpaired) electrons. The number of hydrogen-bond acceptors (Lipinski definition) is 10. The van der Waals surface area contributed by atoms with E-state index in [1.165, 1.54) is 0 Å². The van der Waals surface area contributed by atoms with Gasteiger partial charge >= 0.3 is 0 Å². The van der Waals surface area contributed by atoms with Crippen molar-refractivity contribution < 1.29 is 38.9 Å². The highest BCUT2D eigenvalue weighted by atomic mass is 28.4. The van der Waals surface area contributed by atoms with E-state index >= 15 is 0 Å². The van der Waals surface area contributed by atoms with Crippen molar-refractivity contribution in [1.82, 2.24) is 0 Å². The molecule has 0 aromatic carbocycles. The average Bonchev–Trinajstić information content (AvgIpc) is 2.47. The van der Waals surface area contributed by atoms with Crippen LogP contribution in [0.25, 0.3) is 0 Å². The van der Waals surface area contributed by atoms with Crippen molar-refractivity contribution in [3.05, 3.63) is 20.2 Å². The van der Waals surface area contributed by atoms with Crippen LogP contribution in [0.15, 0.2) is 0 Å². The molecule has 0 aliphatic heterocycles. The van der Waals surface area contributed by atoms with Gasteiger partial charge in [-0.3, -0.25) is 9.68 Å². The predicted octanol–water partition coefficient (Wildman–Crippen LogP) is 2.82. The smallest absolute Gasteiger partial charge is 0.297 e. The van der Waals surface area contributed by atoms with Crippen LogP contribution in [0.1, 0.15) is 41.5 Å². The SMILES string of the molecule is CC(C)(C)[Si](C)(C)OC[C@](O)(O[N+](=O)[O-])[C@](O)(CO[Si](C)(C)C(C)(C)C)O[N+](=O)[O-]. The number of hydrogen-bond donors (Lipinski definition) is 2. The fourth-order valence-electron chi connectivity index (χ4n) is 1.66. The topological polar surface area (TPSA) is 164 Å². The summed E-state index contributed by atoms with van der Waals surface area (Å²) in [6.45, 7) is 16.6. The van der Waals surface area contributed by atoms with Crippen LogP contribution >= 0.6 is 0 Å². The summed E-state index contributed by atoms with van der Waals surface area (Å²) in [6, 6.07) is 0. The monoisotopic (exact) mass is 472 g/mol. The zero-order valence-electron chi connectivity index (χ0n) is 19.5. The van der Waals surface area contributed by atoms with Crippen LogP contribution < -0.4 is 0 Å². The van der Waals surface area contributed by atoms with Gasteiger partial charge in [0, 0.05) is 0 Å². The molecule has 0 aromatic heterocycles. The first kappa shape index (κ1) is 28.7. The summed E-state index contributed by atoms with van der Waals surface area (Å²) < 4.78 is 11.5. The van der Waals surface area contributed by atoms with E-state index in [0.717, 1.165) is 0 Å². The van der Waals surface area contributed by atoms with E-state index < -0.39 is 51.6 Å². The first-order valence-electron chi connectivity index (χ1n) is 9.39. The van der Waals surface area contributed by atoms with Crippen LogP contribution in [0.4, 0.5) is 0 Å². The first-order valence-corrected chi connectivity index (χ1v) is 15.2. The first-order chi connectivity index (χ1) is 13.0. The van der Waals surface area contributed by atoms with E-state index in [0.29, 0.717) is 0 Å². The summed E-state index contributed by atoms with van der Waals surface area (Å²) in [5.74, 6) is -6.44. The molecule has 0 aliphatic rings. The molecule has 0 fully saturated rings. The molecular weight excluding hydrogens is 436 g/mol. The molecule has 178 valence electrons. The van der Waals surface area contributed by atoms with Gasteiger partial charge in [-0.15, -0.1) is 20.2 Å². The van der Waals surface area contributed by atoms with E-state index in [-0.39, 0.29) is 10.1 Å². The van der Waals surface area contributed by atoms with E-state index in [9.17, 15) is 30.4 Å². The second-order valence-corrected chi connectivity index (χ2v) is 19.9. The molecule has 30 heavy (non-hydrogen) atoms. The van der Waals surface area contributed by atoms with Crippen molar-refractivity contribution in [1.29, 1.82) is 0 Å². The Hall–Kier alpha value is -1.33. The third kappa shape index (κ3) is 7.13. The summed E-state index contributed by atoms with van der Waals surface area (Å²) in [7, 11) is -5.21. The molecule has 14 heteroatoms. The average molecular weight is 473 g/mol. The van der Waals surface area contributed by atoms with Gasteiger partial charge in [-0.05, 0) is 36.3 Å². The fraction of sp³-hybridized carbons (Fsp3) is 1.00. The molecule has 0 spiro atoms. The van der Waals surface area contributed by atoms with Crippen LogP contribution in [0.3, 0.4) is 0 Å². The third-order valence-electron chi connectivity index (χ3n) is 5.93. The normalized spacial score (nSPS) is 17.6. The van der Waals surface area contributed by atoms with Crippen LogP contribution in [0.5, 0.6) is 0 Å². The minimum absolute atomic E-state index is 0.359. The maximum absolute atomic E-state index is 11.0. The minimum Gasteiger partial charge on any atom is -0.412 e. The van der Waals surface area contributed by atoms with Crippen molar-refractivity contribution in [2.75, 3.05) is 13.2 Å². The Labute approximate surface area is 178 Å². The highest BCUT2D eigenvalue weighted by Crippen LogP contribution is 2.40. The minimum atomic E-state index is -3.22. The number of rotatable bonds is 11. The Bertz CT molecular complexity index is 578. The fourth-order valence-corrected chi connectivity index (χ4v) is 3.64. The summed E-state index contributed by atoms with van der Waals surface area (Å²) in [4.78, 5) is 30.7. The molecule has 0 unspecified atom stereocenters. The molecule has 2 N–H and O–H groups in total. The second-order valence-electron chi connectivity index (χ2n) is 10.3. The lowest BCUT2D eigenvalue weighted by molar-refractivity contribution is -0.848. The molecule has 0 heterocycles. The van der Waals surface area contributed by atoms with Crippen LogP contribution in [0, 0.1) is 20.2 Å². The predicted molar refractivity (Wildman–Crippen MR) is 112 cm³/mol. The third-order valence-corrected chi connectivity index (χ3v) is 14.9. The van der Waals surface area contributed by atoms with Crippen LogP contribution in [-0.2, 0) is 18.5 Å². The molecular formula is C16H36N2O10Si2. The van der Waals surface area contributed by atoms with Gasteiger partial charge in [0.05, 0.1) is 13.2 Å². The Morgan fingerprint density at radius 3 is 1.10 bits per heavy atom. The highest BCUT2D eigenvalue weighted by Gasteiger charge is 2.59. The maximum Gasteiger partial charge on any atom is 0.297 e. The van der Waals surface area contributed by atoms with Crippen molar-refractivity contribution in [3.63, 3.8) is 0 Å². The van der Waals surface area contributed by atoms with Gasteiger partial charge < -0.3 is 19.1 Å². The Kier molecular flexibility index (Phi) is 8.64. The molecule has 12 nitrogen and oxygen atoms in total. The molecule has 0 aromatic rings.